The minimum Gasteiger partial charge on any atom is -0.371 e. The van der Waals surface area contributed by atoms with Gasteiger partial charge >= 0.3 is 0 Å². The topological polar surface area (TPSA) is 61.4 Å². The Balaban J connectivity index is 2.17. The van der Waals surface area contributed by atoms with Crippen LogP contribution in [0.5, 0.6) is 0 Å². The second-order valence-electron chi connectivity index (χ2n) is 10.2. The second kappa shape index (κ2) is 10.8. The van der Waals surface area contributed by atoms with E-state index < -0.39 is 0 Å². The highest BCUT2D eigenvalue weighted by molar-refractivity contribution is 6.02. The summed E-state index contributed by atoms with van der Waals surface area (Å²) in [5.74, 6) is 0.249. The van der Waals surface area contributed by atoms with E-state index in [9.17, 15) is 9.59 Å². The van der Waals surface area contributed by atoms with Crippen LogP contribution in [0.25, 0.3) is 0 Å². The summed E-state index contributed by atoms with van der Waals surface area (Å²) in [6.45, 7) is 14.7. The van der Waals surface area contributed by atoms with Gasteiger partial charge < -0.3 is 15.5 Å². The molecule has 2 atom stereocenters. The van der Waals surface area contributed by atoms with Gasteiger partial charge in [-0.3, -0.25) is 9.59 Å². The summed E-state index contributed by atoms with van der Waals surface area (Å²) in [4.78, 5) is 27.9. The molecule has 1 fully saturated rings. The molecule has 30 heavy (non-hydrogen) atoms. The highest BCUT2D eigenvalue weighted by atomic mass is 16.2. The van der Waals surface area contributed by atoms with E-state index in [1.54, 1.807) is 0 Å². The lowest BCUT2D eigenvalue weighted by Gasteiger charge is -2.31. The van der Waals surface area contributed by atoms with E-state index in [4.69, 9.17) is 0 Å². The Morgan fingerprint density at radius 3 is 2.37 bits per heavy atom. The highest BCUT2D eigenvalue weighted by Gasteiger charge is 2.21. The number of nitrogens with zero attached hydrogens (tertiary/aromatic N) is 1. The maximum Gasteiger partial charge on any atom is 0.253 e. The van der Waals surface area contributed by atoms with Crippen molar-refractivity contribution in [2.24, 2.45) is 11.3 Å². The number of hydrogen-bond donors (Lipinski definition) is 2. The van der Waals surface area contributed by atoms with Gasteiger partial charge in [0, 0.05) is 36.9 Å². The number of amides is 2. The molecule has 1 aromatic carbocycles. The van der Waals surface area contributed by atoms with Crippen molar-refractivity contribution in [2.75, 3.05) is 23.3 Å². The summed E-state index contributed by atoms with van der Waals surface area (Å²) in [6, 6.07) is 5.87. The predicted octanol–water partition coefficient (Wildman–Crippen LogP) is 5.61. The van der Waals surface area contributed by atoms with Crippen LogP contribution in [0.3, 0.4) is 0 Å². The number of carbonyl (C=O) groups excluding carboxylic acids is 2. The molecular weight excluding hydrogens is 374 g/mol. The van der Waals surface area contributed by atoms with E-state index in [0.29, 0.717) is 23.6 Å². The lowest BCUT2D eigenvalue weighted by atomic mass is 9.84. The normalized spacial score (nSPS) is 16.7. The lowest BCUT2D eigenvalue weighted by molar-refractivity contribution is -0.117. The largest absolute Gasteiger partial charge is 0.371 e. The van der Waals surface area contributed by atoms with Gasteiger partial charge in [0.05, 0.1) is 5.56 Å². The van der Waals surface area contributed by atoms with Gasteiger partial charge in [-0.1, -0.05) is 34.6 Å². The summed E-state index contributed by atoms with van der Waals surface area (Å²) < 4.78 is 0. The Kier molecular flexibility index (Phi) is 8.75. The van der Waals surface area contributed by atoms with Crippen molar-refractivity contribution in [3.63, 3.8) is 0 Å². The molecule has 1 aliphatic rings. The van der Waals surface area contributed by atoms with Gasteiger partial charge in [-0.25, -0.2) is 0 Å². The van der Waals surface area contributed by atoms with Crippen LogP contribution >= 0.6 is 0 Å². The van der Waals surface area contributed by atoms with E-state index in [1.165, 1.54) is 6.42 Å². The standard InChI is InChI=1S/C25H41N3O2/c1-7-19(3)26-24(30)21-16-20(11-12-22(21)28-13-9-8-10-14-28)27-23(29)15-18(2)17-25(4,5)6/h11-12,16,18-19H,7-10,13-15,17H2,1-6H3,(H,26,30)(H,27,29)/t18-,19+/m1/s1. The van der Waals surface area contributed by atoms with Crippen LogP contribution in [0.1, 0.15) is 90.4 Å². The molecule has 1 heterocycles. The molecule has 168 valence electrons. The average Bonchev–Trinajstić information content (AvgIpc) is 2.66. The molecule has 0 spiro atoms. The zero-order chi connectivity index (χ0) is 22.3. The first kappa shape index (κ1) is 24.2. The SMILES string of the molecule is CC[C@H](C)NC(=O)c1cc(NC(=O)C[C@@H](C)CC(C)(C)C)ccc1N1CCCCC1. The number of carbonyl (C=O) groups is 2. The summed E-state index contributed by atoms with van der Waals surface area (Å²) in [5.41, 5.74) is 2.52. The van der Waals surface area contributed by atoms with Gasteiger partial charge in [0.15, 0.2) is 0 Å². The Morgan fingerprint density at radius 1 is 1.10 bits per heavy atom. The second-order valence-corrected chi connectivity index (χ2v) is 10.2. The Morgan fingerprint density at radius 2 is 1.77 bits per heavy atom. The molecule has 5 nitrogen and oxygen atoms in total. The Bertz CT molecular complexity index is 718. The van der Waals surface area contributed by atoms with Gasteiger partial charge in [-0.05, 0) is 68.6 Å². The quantitative estimate of drug-likeness (QED) is 0.580. The van der Waals surface area contributed by atoms with E-state index >= 15 is 0 Å². The van der Waals surface area contributed by atoms with Gasteiger partial charge in [-0.15, -0.1) is 0 Å². The number of anilines is 2. The molecule has 1 aliphatic heterocycles. The summed E-state index contributed by atoms with van der Waals surface area (Å²) >= 11 is 0. The third kappa shape index (κ3) is 7.66. The van der Waals surface area contributed by atoms with Crippen molar-refractivity contribution in [3.05, 3.63) is 23.8 Å². The third-order valence-corrected chi connectivity index (χ3v) is 5.71. The zero-order valence-electron chi connectivity index (χ0n) is 19.8. The van der Waals surface area contributed by atoms with Gasteiger partial charge in [0.25, 0.3) is 5.91 Å². The number of benzene rings is 1. The van der Waals surface area contributed by atoms with E-state index in [-0.39, 0.29) is 23.3 Å². The van der Waals surface area contributed by atoms with E-state index in [2.05, 4.69) is 50.2 Å². The molecule has 1 saturated heterocycles. The van der Waals surface area contributed by atoms with Gasteiger partial charge in [0.1, 0.15) is 0 Å². The van der Waals surface area contributed by atoms with Crippen LogP contribution in [0.4, 0.5) is 11.4 Å². The minimum atomic E-state index is -0.0675. The van der Waals surface area contributed by atoms with Crippen molar-refractivity contribution in [1.82, 2.24) is 5.32 Å². The van der Waals surface area contributed by atoms with Crippen LogP contribution in [0.15, 0.2) is 18.2 Å². The van der Waals surface area contributed by atoms with E-state index in [1.807, 2.05) is 25.1 Å². The molecule has 1 aromatic rings. The molecule has 0 saturated carbocycles. The Labute approximate surface area is 183 Å². The minimum absolute atomic E-state index is 0.00533. The zero-order valence-corrected chi connectivity index (χ0v) is 19.8. The molecular formula is C25H41N3O2. The third-order valence-electron chi connectivity index (χ3n) is 5.71. The fraction of sp³-hybridized carbons (Fsp3) is 0.680. The van der Waals surface area contributed by atoms with Crippen LogP contribution in [0, 0.1) is 11.3 Å². The van der Waals surface area contributed by atoms with Crippen molar-refractivity contribution < 1.29 is 9.59 Å². The number of hydrogen-bond acceptors (Lipinski definition) is 3. The molecule has 0 radical (unpaired) electrons. The summed E-state index contributed by atoms with van der Waals surface area (Å²) in [5, 5.41) is 6.10. The van der Waals surface area contributed by atoms with Gasteiger partial charge in [0.2, 0.25) is 5.91 Å². The number of nitrogens with one attached hydrogen (secondary N) is 2. The maximum absolute atomic E-state index is 13.0. The molecule has 0 bridgehead atoms. The number of rotatable bonds is 8. The Hall–Kier alpha value is -2.04. The molecule has 0 unspecified atom stereocenters. The van der Waals surface area contributed by atoms with Crippen LogP contribution in [0.2, 0.25) is 0 Å². The smallest absolute Gasteiger partial charge is 0.253 e. The molecule has 0 aliphatic carbocycles. The fourth-order valence-electron chi connectivity index (χ4n) is 4.26. The van der Waals surface area contributed by atoms with Crippen molar-refractivity contribution in [3.8, 4) is 0 Å². The monoisotopic (exact) mass is 415 g/mol. The molecule has 2 amide bonds. The first-order chi connectivity index (χ1) is 14.1. The van der Waals surface area contributed by atoms with Crippen LogP contribution in [-0.2, 0) is 4.79 Å². The average molecular weight is 416 g/mol. The molecule has 2 rings (SSSR count). The fourth-order valence-corrected chi connectivity index (χ4v) is 4.26. The van der Waals surface area contributed by atoms with Crippen molar-refractivity contribution in [1.29, 1.82) is 0 Å². The predicted molar refractivity (Wildman–Crippen MR) is 126 cm³/mol. The molecule has 5 heteroatoms. The van der Waals surface area contributed by atoms with Crippen LogP contribution < -0.4 is 15.5 Å². The summed E-state index contributed by atoms with van der Waals surface area (Å²) in [6.07, 6.45) is 5.91. The maximum atomic E-state index is 13.0. The van der Waals surface area contributed by atoms with Gasteiger partial charge in [-0.2, -0.15) is 0 Å². The molecule has 0 aromatic heterocycles. The number of piperidine rings is 1. The summed E-state index contributed by atoms with van der Waals surface area (Å²) in [7, 11) is 0. The van der Waals surface area contributed by atoms with Crippen molar-refractivity contribution in [2.45, 2.75) is 86.1 Å². The van der Waals surface area contributed by atoms with Crippen LogP contribution in [-0.4, -0.2) is 30.9 Å². The van der Waals surface area contributed by atoms with Crippen molar-refractivity contribution >= 4 is 23.2 Å². The van der Waals surface area contributed by atoms with E-state index in [0.717, 1.165) is 44.5 Å². The first-order valence-electron chi connectivity index (χ1n) is 11.6. The lowest BCUT2D eigenvalue weighted by Crippen LogP contribution is -2.35. The first-order valence-corrected chi connectivity index (χ1v) is 11.6. The highest BCUT2D eigenvalue weighted by Crippen LogP contribution is 2.29. The molecule has 2 N–H and O–H groups in total.